The molecule has 2 rings (SSSR count). The molecule has 0 unspecified atom stereocenters. The van der Waals surface area contributed by atoms with Crippen LogP contribution in [0.3, 0.4) is 0 Å². The van der Waals surface area contributed by atoms with Crippen molar-refractivity contribution in [3.63, 3.8) is 0 Å². The highest BCUT2D eigenvalue weighted by Gasteiger charge is 2.16. The number of hydrogen-bond donors (Lipinski definition) is 2. The van der Waals surface area contributed by atoms with E-state index < -0.39 is 11.9 Å². The fourth-order valence-electron chi connectivity index (χ4n) is 2.14. The van der Waals surface area contributed by atoms with Crippen LogP contribution in [0.4, 0.5) is 0 Å². The Morgan fingerprint density at radius 1 is 1.42 bits per heavy atom. The van der Waals surface area contributed by atoms with E-state index in [1.165, 1.54) is 6.07 Å². The molecular formula is C13H15N3O3. The van der Waals surface area contributed by atoms with Crippen LogP contribution < -0.4 is 5.73 Å². The number of amides is 1. The van der Waals surface area contributed by atoms with Crippen molar-refractivity contribution < 1.29 is 14.7 Å². The molecule has 3 N–H and O–H groups in total. The molecule has 0 atom stereocenters. The van der Waals surface area contributed by atoms with Gasteiger partial charge in [0.2, 0.25) is 5.91 Å². The number of carboxylic acids is 1. The van der Waals surface area contributed by atoms with E-state index in [-0.39, 0.29) is 12.0 Å². The van der Waals surface area contributed by atoms with Crippen LogP contribution in [-0.2, 0) is 17.8 Å². The van der Waals surface area contributed by atoms with Crippen molar-refractivity contribution in [3.05, 3.63) is 29.6 Å². The van der Waals surface area contributed by atoms with Gasteiger partial charge in [-0.3, -0.25) is 4.79 Å². The van der Waals surface area contributed by atoms with E-state index in [0.29, 0.717) is 24.0 Å². The van der Waals surface area contributed by atoms with E-state index in [1.807, 2.05) is 6.92 Å². The number of rotatable bonds is 5. The number of primary amides is 1. The summed E-state index contributed by atoms with van der Waals surface area (Å²) in [5, 5.41) is 9.23. The number of aromatic nitrogens is 2. The molecule has 6 nitrogen and oxygen atoms in total. The predicted octanol–water partition coefficient (Wildman–Crippen LogP) is 1.17. The van der Waals surface area contributed by atoms with Crippen molar-refractivity contribution in [3.8, 4) is 0 Å². The van der Waals surface area contributed by atoms with Gasteiger partial charge in [0.15, 0.2) is 0 Å². The molecule has 1 heterocycles. The van der Waals surface area contributed by atoms with E-state index in [9.17, 15) is 14.7 Å². The molecule has 0 saturated carbocycles. The predicted molar refractivity (Wildman–Crippen MR) is 69.9 cm³/mol. The Bertz CT molecular complexity index is 646. The monoisotopic (exact) mass is 261 g/mol. The third kappa shape index (κ3) is 2.42. The zero-order valence-corrected chi connectivity index (χ0v) is 10.6. The van der Waals surface area contributed by atoms with E-state index in [2.05, 4.69) is 4.98 Å². The molecule has 1 amide bonds. The van der Waals surface area contributed by atoms with Crippen molar-refractivity contribution in [2.24, 2.45) is 5.73 Å². The number of carbonyl (C=O) groups is 2. The third-order valence-corrected chi connectivity index (χ3v) is 2.97. The molecule has 19 heavy (non-hydrogen) atoms. The third-order valence-electron chi connectivity index (χ3n) is 2.97. The highest BCUT2D eigenvalue weighted by molar-refractivity contribution is 6.01. The van der Waals surface area contributed by atoms with Crippen molar-refractivity contribution >= 4 is 22.9 Å². The molecule has 2 aromatic rings. The van der Waals surface area contributed by atoms with Crippen molar-refractivity contribution in [1.29, 1.82) is 0 Å². The average Bonchev–Trinajstić information content (AvgIpc) is 2.73. The van der Waals surface area contributed by atoms with Crippen LogP contribution in [0.15, 0.2) is 18.2 Å². The number of imidazole rings is 1. The van der Waals surface area contributed by atoms with E-state index in [0.717, 1.165) is 5.82 Å². The normalized spacial score (nSPS) is 10.8. The van der Waals surface area contributed by atoms with Gasteiger partial charge >= 0.3 is 5.97 Å². The molecular weight excluding hydrogens is 246 g/mol. The zero-order valence-electron chi connectivity index (χ0n) is 10.6. The summed E-state index contributed by atoms with van der Waals surface area (Å²) in [4.78, 5) is 26.6. The van der Waals surface area contributed by atoms with E-state index >= 15 is 0 Å². The lowest BCUT2D eigenvalue weighted by Gasteiger charge is -2.08. The van der Waals surface area contributed by atoms with Crippen LogP contribution in [0, 0.1) is 0 Å². The molecule has 0 bridgehead atoms. The van der Waals surface area contributed by atoms with Crippen LogP contribution in [0.5, 0.6) is 0 Å². The standard InChI is InChI=1S/C13H15N3O3/c1-2-11-15-9-5-3-4-8(13(18)19)12(9)16(11)7-6-10(14)17/h3-5H,2,6-7H2,1H3,(H2,14,17)(H,18,19). The summed E-state index contributed by atoms with van der Waals surface area (Å²) in [5.41, 5.74) is 6.52. The number of hydrogen-bond acceptors (Lipinski definition) is 3. The second-order valence-corrected chi connectivity index (χ2v) is 4.23. The van der Waals surface area contributed by atoms with Crippen LogP contribution in [0.25, 0.3) is 11.0 Å². The zero-order chi connectivity index (χ0) is 14.0. The molecule has 100 valence electrons. The first kappa shape index (κ1) is 13.1. The van der Waals surface area contributed by atoms with Gasteiger partial charge in [-0.1, -0.05) is 13.0 Å². The topological polar surface area (TPSA) is 98.2 Å². The van der Waals surface area contributed by atoms with Gasteiger partial charge in [-0.2, -0.15) is 0 Å². The Hall–Kier alpha value is -2.37. The van der Waals surface area contributed by atoms with Gasteiger partial charge in [0.05, 0.1) is 16.6 Å². The summed E-state index contributed by atoms with van der Waals surface area (Å²) in [6.07, 6.45) is 0.818. The summed E-state index contributed by atoms with van der Waals surface area (Å²) in [5.74, 6) is -0.671. The summed E-state index contributed by atoms with van der Waals surface area (Å²) in [6.45, 7) is 2.28. The Labute approximate surface area is 109 Å². The van der Waals surface area contributed by atoms with Gasteiger partial charge in [-0.05, 0) is 12.1 Å². The lowest BCUT2D eigenvalue weighted by atomic mass is 10.2. The summed E-state index contributed by atoms with van der Waals surface area (Å²) in [7, 11) is 0. The first-order valence-electron chi connectivity index (χ1n) is 6.04. The van der Waals surface area contributed by atoms with Gasteiger partial charge < -0.3 is 15.4 Å². The van der Waals surface area contributed by atoms with Gasteiger partial charge in [-0.15, -0.1) is 0 Å². The minimum atomic E-state index is -1.01. The maximum absolute atomic E-state index is 11.3. The summed E-state index contributed by atoms with van der Waals surface area (Å²) in [6, 6.07) is 4.96. The Morgan fingerprint density at radius 3 is 2.74 bits per heavy atom. The summed E-state index contributed by atoms with van der Waals surface area (Å²) >= 11 is 0. The minimum Gasteiger partial charge on any atom is -0.478 e. The SMILES string of the molecule is CCc1nc2cccc(C(=O)O)c2n1CCC(N)=O. The number of aryl methyl sites for hydroxylation is 2. The van der Waals surface area contributed by atoms with Gasteiger partial charge in [0.1, 0.15) is 5.82 Å². The summed E-state index contributed by atoms with van der Waals surface area (Å²) < 4.78 is 1.77. The number of carbonyl (C=O) groups excluding carboxylic acids is 1. The van der Waals surface area contributed by atoms with Crippen molar-refractivity contribution in [2.75, 3.05) is 0 Å². The number of benzene rings is 1. The van der Waals surface area contributed by atoms with E-state index in [4.69, 9.17) is 5.73 Å². The van der Waals surface area contributed by atoms with Crippen LogP contribution >= 0.6 is 0 Å². The molecule has 0 aliphatic heterocycles. The second-order valence-electron chi connectivity index (χ2n) is 4.23. The maximum Gasteiger partial charge on any atom is 0.337 e. The van der Waals surface area contributed by atoms with Gasteiger partial charge in [0, 0.05) is 19.4 Å². The van der Waals surface area contributed by atoms with Crippen LogP contribution in [0.2, 0.25) is 0 Å². The number of nitrogens with zero attached hydrogens (tertiary/aromatic N) is 2. The van der Waals surface area contributed by atoms with Gasteiger partial charge in [-0.25, -0.2) is 9.78 Å². The fraction of sp³-hybridized carbons (Fsp3) is 0.308. The molecule has 0 spiro atoms. The molecule has 0 aliphatic rings. The maximum atomic E-state index is 11.3. The lowest BCUT2D eigenvalue weighted by molar-refractivity contribution is -0.118. The number of para-hydroxylation sites is 1. The Kier molecular flexibility index (Phi) is 3.50. The van der Waals surface area contributed by atoms with Crippen LogP contribution in [-0.4, -0.2) is 26.5 Å². The van der Waals surface area contributed by atoms with Crippen molar-refractivity contribution in [1.82, 2.24) is 9.55 Å². The molecule has 1 aromatic carbocycles. The van der Waals surface area contributed by atoms with Crippen LogP contribution in [0.1, 0.15) is 29.5 Å². The first-order valence-corrected chi connectivity index (χ1v) is 6.04. The minimum absolute atomic E-state index is 0.159. The Morgan fingerprint density at radius 2 is 2.16 bits per heavy atom. The number of carboxylic acid groups (broad SMARTS) is 1. The highest BCUT2D eigenvalue weighted by atomic mass is 16.4. The fourth-order valence-corrected chi connectivity index (χ4v) is 2.14. The number of aromatic carboxylic acids is 1. The Balaban J connectivity index is 2.63. The van der Waals surface area contributed by atoms with Crippen molar-refractivity contribution in [2.45, 2.75) is 26.3 Å². The smallest absolute Gasteiger partial charge is 0.337 e. The van der Waals surface area contributed by atoms with Gasteiger partial charge in [0.25, 0.3) is 0 Å². The van der Waals surface area contributed by atoms with E-state index in [1.54, 1.807) is 16.7 Å². The first-order chi connectivity index (χ1) is 9.04. The average molecular weight is 261 g/mol. The molecule has 6 heteroatoms. The molecule has 0 saturated heterocycles. The molecule has 0 fully saturated rings. The quantitative estimate of drug-likeness (QED) is 0.844. The molecule has 0 radical (unpaired) electrons. The largest absolute Gasteiger partial charge is 0.478 e. The molecule has 0 aliphatic carbocycles. The second kappa shape index (κ2) is 5.09. The highest BCUT2D eigenvalue weighted by Crippen LogP contribution is 2.21. The number of nitrogens with two attached hydrogens (primary N) is 1. The lowest BCUT2D eigenvalue weighted by Crippen LogP contribution is -2.15. The number of fused-ring (bicyclic) bond motifs is 1. The molecule has 1 aromatic heterocycles.